The SMILES string of the molecule is CCCC1CN(Cc2ccc(F)c(Cl)c2)C(CCC)CN1. The van der Waals surface area contributed by atoms with Gasteiger partial charge in [0.05, 0.1) is 5.02 Å². The van der Waals surface area contributed by atoms with E-state index in [1.165, 1.54) is 31.7 Å². The van der Waals surface area contributed by atoms with Gasteiger partial charge < -0.3 is 5.32 Å². The minimum absolute atomic E-state index is 0.222. The summed E-state index contributed by atoms with van der Waals surface area (Å²) < 4.78 is 13.3. The molecular weight excluding hydrogens is 287 g/mol. The van der Waals surface area contributed by atoms with Crippen LogP contribution in [0.2, 0.25) is 5.02 Å². The van der Waals surface area contributed by atoms with Crippen molar-refractivity contribution in [3.63, 3.8) is 0 Å². The molecule has 1 N–H and O–H groups in total. The van der Waals surface area contributed by atoms with Gasteiger partial charge in [0.2, 0.25) is 0 Å². The molecule has 0 aromatic heterocycles. The molecule has 0 aliphatic carbocycles. The third-order valence-corrected chi connectivity index (χ3v) is 4.53. The van der Waals surface area contributed by atoms with Gasteiger partial charge in [-0.2, -0.15) is 0 Å². The summed E-state index contributed by atoms with van der Waals surface area (Å²) >= 11 is 5.90. The van der Waals surface area contributed by atoms with E-state index in [0.717, 1.165) is 25.2 Å². The first-order valence-electron chi connectivity index (χ1n) is 8.05. The van der Waals surface area contributed by atoms with Crippen LogP contribution in [0, 0.1) is 5.82 Å². The molecule has 1 aromatic carbocycles. The van der Waals surface area contributed by atoms with Crippen molar-refractivity contribution >= 4 is 11.6 Å². The number of rotatable bonds is 6. The van der Waals surface area contributed by atoms with E-state index in [0.29, 0.717) is 12.1 Å². The quantitative estimate of drug-likeness (QED) is 0.846. The number of benzene rings is 1. The lowest BCUT2D eigenvalue weighted by molar-refractivity contribution is 0.112. The highest BCUT2D eigenvalue weighted by molar-refractivity contribution is 6.30. The fourth-order valence-electron chi connectivity index (χ4n) is 3.15. The first-order valence-corrected chi connectivity index (χ1v) is 8.43. The average molecular weight is 313 g/mol. The van der Waals surface area contributed by atoms with Gasteiger partial charge in [-0.15, -0.1) is 0 Å². The zero-order valence-electron chi connectivity index (χ0n) is 13.0. The second-order valence-electron chi connectivity index (χ2n) is 6.01. The Morgan fingerprint density at radius 3 is 2.71 bits per heavy atom. The van der Waals surface area contributed by atoms with E-state index in [4.69, 9.17) is 11.6 Å². The van der Waals surface area contributed by atoms with Crippen LogP contribution in [0.15, 0.2) is 18.2 Å². The summed E-state index contributed by atoms with van der Waals surface area (Å²) in [4.78, 5) is 2.53. The van der Waals surface area contributed by atoms with Crippen molar-refractivity contribution in [3.05, 3.63) is 34.6 Å². The second kappa shape index (κ2) is 8.11. The Kier molecular flexibility index (Phi) is 6.46. The van der Waals surface area contributed by atoms with Crippen molar-refractivity contribution < 1.29 is 4.39 Å². The fraction of sp³-hybridized carbons (Fsp3) is 0.647. The molecule has 0 radical (unpaired) electrons. The lowest BCUT2D eigenvalue weighted by Crippen LogP contribution is -2.55. The Hall–Kier alpha value is -0.640. The molecule has 1 heterocycles. The van der Waals surface area contributed by atoms with Crippen molar-refractivity contribution in [3.8, 4) is 0 Å². The lowest BCUT2D eigenvalue weighted by atomic mass is 10.0. The van der Waals surface area contributed by atoms with E-state index in [2.05, 4.69) is 24.1 Å². The molecule has 118 valence electrons. The van der Waals surface area contributed by atoms with Gasteiger partial charge in [0.1, 0.15) is 5.82 Å². The maximum atomic E-state index is 13.3. The standard InChI is InChI=1S/C17H26ClFN2/c1-3-5-14-12-21(15(6-4-2)10-20-14)11-13-7-8-17(19)16(18)9-13/h7-9,14-15,20H,3-6,10-12H2,1-2H3. The first kappa shape index (κ1) is 16.7. The molecule has 0 saturated carbocycles. The monoisotopic (exact) mass is 312 g/mol. The van der Waals surface area contributed by atoms with Gasteiger partial charge >= 0.3 is 0 Å². The summed E-state index contributed by atoms with van der Waals surface area (Å²) in [5.41, 5.74) is 1.10. The molecule has 2 atom stereocenters. The van der Waals surface area contributed by atoms with Crippen LogP contribution in [-0.4, -0.2) is 30.1 Å². The molecule has 4 heteroatoms. The van der Waals surface area contributed by atoms with Crippen LogP contribution in [0.5, 0.6) is 0 Å². The maximum absolute atomic E-state index is 13.3. The van der Waals surface area contributed by atoms with Crippen LogP contribution < -0.4 is 5.32 Å². The van der Waals surface area contributed by atoms with Crippen molar-refractivity contribution in [2.24, 2.45) is 0 Å². The van der Waals surface area contributed by atoms with Gasteiger partial charge in [0.15, 0.2) is 0 Å². The number of halogens is 2. The first-order chi connectivity index (χ1) is 10.1. The minimum Gasteiger partial charge on any atom is -0.311 e. The van der Waals surface area contributed by atoms with Crippen LogP contribution in [0.1, 0.15) is 45.1 Å². The van der Waals surface area contributed by atoms with E-state index in [1.54, 1.807) is 6.07 Å². The summed E-state index contributed by atoms with van der Waals surface area (Å²) in [5, 5.41) is 3.89. The zero-order chi connectivity index (χ0) is 15.2. The van der Waals surface area contributed by atoms with E-state index < -0.39 is 0 Å². The van der Waals surface area contributed by atoms with Crippen LogP contribution in [0.3, 0.4) is 0 Å². The molecule has 1 aliphatic heterocycles. The molecule has 21 heavy (non-hydrogen) atoms. The van der Waals surface area contributed by atoms with E-state index >= 15 is 0 Å². The minimum atomic E-state index is -0.338. The molecule has 0 spiro atoms. The van der Waals surface area contributed by atoms with E-state index in [1.807, 2.05) is 6.07 Å². The molecule has 0 amide bonds. The van der Waals surface area contributed by atoms with Crippen LogP contribution in [0.4, 0.5) is 4.39 Å². The summed E-state index contributed by atoms with van der Waals surface area (Å²) in [7, 11) is 0. The van der Waals surface area contributed by atoms with Crippen molar-refractivity contribution in [1.29, 1.82) is 0 Å². The molecule has 1 aromatic rings. The summed E-state index contributed by atoms with van der Waals surface area (Å²) in [6.45, 7) is 7.42. The van der Waals surface area contributed by atoms with E-state index in [9.17, 15) is 4.39 Å². The fourth-order valence-corrected chi connectivity index (χ4v) is 3.36. The summed E-state index contributed by atoms with van der Waals surface area (Å²) in [6, 6.07) is 6.21. The largest absolute Gasteiger partial charge is 0.311 e. The number of nitrogens with zero attached hydrogens (tertiary/aromatic N) is 1. The van der Waals surface area contributed by atoms with Gasteiger partial charge in [-0.1, -0.05) is 44.4 Å². The highest BCUT2D eigenvalue weighted by atomic mass is 35.5. The maximum Gasteiger partial charge on any atom is 0.141 e. The van der Waals surface area contributed by atoms with Gasteiger partial charge in [-0.05, 0) is 30.5 Å². The van der Waals surface area contributed by atoms with Crippen LogP contribution >= 0.6 is 11.6 Å². The molecule has 1 aliphatic rings. The lowest BCUT2D eigenvalue weighted by Gasteiger charge is -2.40. The van der Waals surface area contributed by atoms with Gasteiger partial charge in [-0.3, -0.25) is 4.90 Å². The number of nitrogens with one attached hydrogen (secondary N) is 1. The van der Waals surface area contributed by atoms with E-state index in [-0.39, 0.29) is 10.8 Å². The number of hydrogen-bond acceptors (Lipinski definition) is 2. The Morgan fingerprint density at radius 1 is 1.29 bits per heavy atom. The summed E-state index contributed by atoms with van der Waals surface area (Å²) in [5.74, 6) is -0.338. The second-order valence-corrected chi connectivity index (χ2v) is 6.42. The molecule has 0 bridgehead atoms. The van der Waals surface area contributed by atoms with Crippen molar-refractivity contribution in [2.75, 3.05) is 13.1 Å². The Bertz CT molecular complexity index is 452. The predicted octanol–water partition coefficient (Wildman–Crippen LogP) is 4.22. The van der Waals surface area contributed by atoms with Gasteiger partial charge in [0.25, 0.3) is 0 Å². The van der Waals surface area contributed by atoms with Crippen molar-refractivity contribution in [1.82, 2.24) is 10.2 Å². The Morgan fingerprint density at radius 2 is 2.05 bits per heavy atom. The van der Waals surface area contributed by atoms with Gasteiger partial charge in [0, 0.05) is 31.7 Å². The van der Waals surface area contributed by atoms with Crippen LogP contribution in [0.25, 0.3) is 0 Å². The predicted molar refractivity (Wildman–Crippen MR) is 87.2 cm³/mol. The third kappa shape index (κ3) is 4.67. The molecule has 1 saturated heterocycles. The third-order valence-electron chi connectivity index (χ3n) is 4.24. The highest BCUT2D eigenvalue weighted by Crippen LogP contribution is 2.21. The highest BCUT2D eigenvalue weighted by Gasteiger charge is 2.26. The Labute approximate surface area is 132 Å². The average Bonchev–Trinajstić information content (AvgIpc) is 2.46. The number of piperazine rings is 1. The van der Waals surface area contributed by atoms with Gasteiger partial charge in [-0.25, -0.2) is 4.39 Å². The molecule has 2 nitrogen and oxygen atoms in total. The topological polar surface area (TPSA) is 15.3 Å². The molecule has 2 unspecified atom stereocenters. The summed E-state index contributed by atoms with van der Waals surface area (Å²) in [6.07, 6.45) is 4.79. The molecular formula is C17H26ClFN2. The normalized spacial score (nSPS) is 23.4. The smallest absolute Gasteiger partial charge is 0.141 e. The van der Waals surface area contributed by atoms with Crippen LogP contribution in [-0.2, 0) is 6.54 Å². The zero-order valence-corrected chi connectivity index (χ0v) is 13.8. The van der Waals surface area contributed by atoms with Crippen molar-refractivity contribution in [2.45, 2.75) is 58.2 Å². The molecule has 1 fully saturated rings. The number of hydrogen-bond donors (Lipinski definition) is 1. The Balaban J connectivity index is 2.05. The molecule has 2 rings (SSSR count).